The fraction of sp³-hybridized carbons (Fsp3) is 0.300. The first-order valence-electron chi connectivity index (χ1n) is 8.89. The third-order valence-corrected chi connectivity index (χ3v) is 4.84. The number of nitrogens with zero attached hydrogens (tertiary/aromatic N) is 4. The highest BCUT2D eigenvalue weighted by Gasteiger charge is 2.14. The van der Waals surface area contributed by atoms with E-state index in [-0.39, 0.29) is 5.91 Å². The number of benzene rings is 1. The van der Waals surface area contributed by atoms with Gasteiger partial charge in [0.1, 0.15) is 5.65 Å². The largest absolute Gasteiger partial charge is 0.369 e. The molecule has 0 bridgehead atoms. The Balaban J connectivity index is 1.45. The van der Waals surface area contributed by atoms with Crippen molar-refractivity contribution in [2.75, 3.05) is 43.4 Å². The van der Waals surface area contributed by atoms with Crippen LogP contribution in [0, 0.1) is 6.92 Å². The zero-order chi connectivity index (χ0) is 18.1. The number of likely N-dealkylation sites (N-methyl/N-ethyl adjacent to an activating group) is 1. The van der Waals surface area contributed by atoms with Gasteiger partial charge < -0.3 is 19.5 Å². The van der Waals surface area contributed by atoms with E-state index in [9.17, 15) is 4.79 Å². The summed E-state index contributed by atoms with van der Waals surface area (Å²) in [6.45, 7) is 6.16. The van der Waals surface area contributed by atoms with E-state index in [1.54, 1.807) is 6.07 Å². The van der Waals surface area contributed by atoms with Gasteiger partial charge in [0, 0.05) is 55.5 Å². The molecule has 0 aliphatic carbocycles. The first-order chi connectivity index (χ1) is 12.6. The van der Waals surface area contributed by atoms with Gasteiger partial charge in [0.15, 0.2) is 0 Å². The predicted molar refractivity (Wildman–Crippen MR) is 104 cm³/mol. The Hall–Kier alpha value is -2.86. The lowest BCUT2D eigenvalue weighted by molar-refractivity contribution is 0.102. The number of rotatable bonds is 3. The number of anilines is 2. The normalized spacial score (nSPS) is 15.4. The first-order valence-corrected chi connectivity index (χ1v) is 8.89. The summed E-state index contributed by atoms with van der Waals surface area (Å²) in [6.07, 6.45) is 3.80. The minimum Gasteiger partial charge on any atom is -0.369 e. The maximum absolute atomic E-state index is 12.5. The van der Waals surface area contributed by atoms with E-state index in [0.29, 0.717) is 5.56 Å². The molecule has 1 amide bonds. The lowest BCUT2D eigenvalue weighted by Crippen LogP contribution is -2.44. The Labute approximate surface area is 153 Å². The van der Waals surface area contributed by atoms with Gasteiger partial charge in [-0.1, -0.05) is 0 Å². The highest BCUT2D eigenvalue weighted by atomic mass is 16.1. The van der Waals surface area contributed by atoms with E-state index in [1.165, 1.54) is 5.69 Å². The zero-order valence-electron chi connectivity index (χ0n) is 15.1. The molecule has 1 N–H and O–H groups in total. The maximum Gasteiger partial charge on any atom is 0.255 e. The van der Waals surface area contributed by atoms with Crippen molar-refractivity contribution in [2.45, 2.75) is 6.92 Å². The van der Waals surface area contributed by atoms with Gasteiger partial charge in [-0.3, -0.25) is 4.79 Å². The number of fused-ring (bicyclic) bond motifs is 1. The highest BCUT2D eigenvalue weighted by Crippen LogP contribution is 2.20. The van der Waals surface area contributed by atoms with Crippen molar-refractivity contribution in [1.82, 2.24) is 14.3 Å². The molecule has 1 fully saturated rings. The molecule has 3 aromatic rings. The molecule has 2 aromatic heterocycles. The summed E-state index contributed by atoms with van der Waals surface area (Å²) in [4.78, 5) is 21.6. The number of pyridine rings is 1. The molecule has 0 unspecified atom stereocenters. The molecule has 1 aromatic carbocycles. The monoisotopic (exact) mass is 349 g/mol. The second-order valence-electron chi connectivity index (χ2n) is 6.85. The van der Waals surface area contributed by atoms with E-state index in [1.807, 2.05) is 41.9 Å². The summed E-state index contributed by atoms with van der Waals surface area (Å²) in [7, 11) is 2.15. The number of hydrogen-bond acceptors (Lipinski definition) is 4. The van der Waals surface area contributed by atoms with Crippen molar-refractivity contribution in [2.24, 2.45) is 0 Å². The van der Waals surface area contributed by atoms with Crippen LogP contribution in [0.4, 0.5) is 11.4 Å². The average Bonchev–Trinajstić information content (AvgIpc) is 3.02. The molecule has 6 heteroatoms. The Bertz CT molecular complexity index is 923. The van der Waals surface area contributed by atoms with Gasteiger partial charge >= 0.3 is 0 Å². The van der Waals surface area contributed by atoms with Gasteiger partial charge in [-0.15, -0.1) is 0 Å². The van der Waals surface area contributed by atoms with E-state index >= 15 is 0 Å². The van der Waals surface area contributed by atoms with Crippen LogP contribution in [-0.4, -0.2) is 53.4 Å². The van der Waals surface area contributed by atoms with Crippen LogP contribution in [0.1, 0.15) is 16.1 Å². The van der Waals surface area contributed by atoms with E-state index in [2.05, 4.69) is 39.3 Å². The number of imidazole rings is 1. The third kappa shape index (κ3) is 3.41. The zero-order valence-corrected chi connectivity index (χ0v) is 15.1. The molecule has 134 valence electrons. The summed E-state index contributed by atoms with van der Waals surface area (Å²) in [6, 6.07) is 11.7. The summed E-state index contributed by atoms with van der Waals surface area (Å²) < 4.78 is 1.91. The van der Waals surface area contributed by atoms with Crippen LogP contribution in [0.15, 0.2) is 48.8 Å². The Morgan fingerprint density at radius 1 is 1.08 bits per heavy atom. The topological polar surface area (TPSA) is 52.9 Å². The fourth-order valence-corrected chi connectivity index (χ4v) is 3.27. The molecule has 0 atom stereocenters. The van der Waals surface area contributed by atoms with Gasteiger partial charge in [-0.2, -0.15) is 0 Å². The average molecular weight is 349 g/mol. The smallest absolute Gasteiger partial charge is 0.255 e. The summed E-state index contributed by atoms with van der Waals surface area (Å²) >= 11 is 0. The number of carbonyl (C=O) groups is 1. The number of nitrogens with one attached hydrogen (secondary N) is 1. The minimum atomic E-state index is -0.125. The Kier molecular flexibility index (Phi) is 4.34. The van der Waals surface area contributed by atoms with Crippen molar-refractivity contribution in [3.8, 4) is 0 Å². The van der Waals surface area contributed by atoms with E-state index in [0.717, 1.165) is 43.2 Å². The van der Waals surface area contributed by atoms with Crippen molar-refractivity contribution in [3.63, 3.8) is 0 Å². The SMILES string of the molecule is Cc1cn2ccc(C(=O)Nc3ccc(N4CCN(C)CC4)cc3)cc2n1. The number of hydrogen-bond donors (Lipinski definition) is 1. The molecule has 1 aliphatic rings. The maximum atomic E-state index is 12.5. The molecular formula is C20H23N5O. The minimum absolute atomic E-state index is 0.125. The van der Waals surface area contributed by atoms with Gasteiger partial charge in [-0.05, 0) is 50.4 Å². The molecule has 0 saturated carbocycles. The number of piperazine rings is 1. The molecule has 0 radical (unpaired) electrons. The molecule has 1 saturated heterocycles. The number of amides is 1. The number of carbonyl (C=O) groups excluding carboxylic acids is 1. The summed E-state index contributed by atoms with van der Waals surface area (Å²) in [5.41, 5.74) is 4.31. The Morgan fingerprint density at radius 2 is 1.81 bits per heavy atom. The quantitative estimate of drug-likeness (QED) is 0.790. The summed E-state index contributed by atoms with van der Waals surface area (Å²) in [5, 5.41) is 2.96. The molecule has 4 rings (SSSR count). The highest BCUT2D eigenvalue weighted by molar-refractivity contribution is 6.04. The lowest BCUT2D eigenvalue weighted by atomic mass is 10.2. The molecule has 26 heavy (non-hydrogen) atoms. The van der Waals surface area contributed by atoms with Crippen LogP contribution >= 0.6 is 0 Å². The molecule has 6 nitrogen and oxygen atoms in total. The van der Waals surface area contributed by atoms with Gasteiger partial charge in [-0.25, -0.2) is 4.98 Å². The van der Waals surface area contributed by atoms with Gasteiger partial charge in [0.25, 0.3) is 5.91 Å². The predicted octanol–water partition coefficient (Wildman–Crippen LogP) is 2.65. The van der Waals surface area contributed by atoms with Gasteiger partial charge in [0.2, 0.25) is 0 Å². The van der Waals surface area contributed by atoms with E-state index < -0.39 is 0 Å². The molecule has 0 spiro atoms. The van der Waals surface area contributed by atoms with Crippen molar-refractivity contribution in [1.29, 1.82) is 0 Å². The fourth-order valence-electron chi connectivity index (χ4n) is 3.27. The number of aryl methyl sites for hydroxylation is 1. The van der Waals surface area contributed by atoms with Crippen LogP contribution in [0.2, 0.25) is 0 Å². The van der Waals surface area contributed by atoms with E-state index in [4.69, 9.17) is 0 Å². The third-order valence-electron chi connectivity index (χ3n) is 4.84. The Morgan fingerprint density at radius 3 is 2.54 bits per heavy atom. The molecular weight excluding hydrogens is 326 g/mol. The van der Waals surface area contributed by atoms with Crippen LogP contribution in [0.3, 0.4) is 0 Å². The molecule has 3 heterocycles. The van der Waals surface area contributed by atoms with Crippen LogP contribution in [0.5, 0.6) is 0 Å². The van der Waals surface area contributed by atoms with Crippen molar-refractivity contribution < 1.29 is 4.79 Å². The van der Waals surface area contributed by atoms with Crippen LogP contribution < -0.4 is 10.2 Å². The lowest BCUT2D eigenvalue weighted by Gasteiger charge is -2.34. The first kappa shape index (κ1) is 16.6. The van der Waals surface area contributed by atoms with Crippen molar-refractivity contribution >= 4 is 22.9 Å². The molecule has 1 aliphatic heterocycles. The van der Waals surface area contributed by atoms with Crippen LogP contribution in [0.25, 0.3) is 5.65 Å². The second kappa shape index (κ2) is 6.80. The van der Waals surface area contributed by atoms with Crippen molar-refractivity contribution in [3.05, 3.63) is 60.0 Å². The summed E-state index contributed by atoms with van der Waals surface area (Å²) in [5.74, 6) is -0.125. The number of aromatic nitrogens is 2. The van der Waals surface area contributed by atoms with Gasteiger partial charge in [0.05, 0.1) is 5.69 Å². The van der Waals surface area contributed by atoms with Crippen LogP contribution in [-0.2, 0) is 0 Å². The standard InChI is InChI=1S/C20H23N5O/c1-15-14-25-8-7-16(13-19(25)21-15)20(26)22-17-3-5-18(6-4-17)24-11-9-23(2)10-12-24/h3-8,13-14H,9-12H2,1-2H3,(H,22,26). The second-order valence-corrected chi connectivity index (χ2v) is 6.85.